The second-order valence-electron chi connectivity index (χ2n) is 6.38. The lowest BCUT2D eigenvalue weighted by molar-refractivity contribution is 0.0692. The van der Waals surface area contributed by atoms with E-state index >= 15 is 0 Å². The zero-order chi connectivity index (χ0) is 21.7. The Balaban J connectivity index is 2.11. The molecule has 3 rings (SSSR count). The van der Waals surface area contributed by atoms with Gasteiger partial charge in [-0.05, 0) is 23.3 Å². The Kier molecular flexibility index (Phi) is 6.39. The lowest BCUT2D eigenvalue weighted by atomic mass is 9.99. The zero-order valence-corrected chi connectivity index (χ0v) is 16.9. The molecule has 0 aliphatic rings. The first-order chi connectivity index (χ1) is 14.4. The summed E-state index contributed by atoms with van der Waals surface area (Å²) in [5.74, 6) is -1.76. The second-order valence-corrected chi connectivity index (χ2v) is 8.34. The van der Waals surface area contributed by atoms with Crippen LogP contribution in [0.2, 0.25) is 0 Å². The molecule has 0 atom stereocenters. The van der Waals surface area contributed by atoms with Crippen molar-refractivity contribution in [1.82, 2.24) is 0 Å². The van der Waals surface area contributed by atoms with Crippen molar-refractivity contribution in [3.8, 4) is 16.9 Å². The van der Waals surface area contributed by atoms with Gasteiger partial charge in [0.2, 0.25) is 0 Å². The number of aliphatic hydroxyl groups excluding tert-OH is 1. The van der Waals surface area contributed by atoms with Gasteiger partial charge in [-0.3, -0.25) is 0 Å². The molecule has 1 heterocycles. The van der Waals surface area contributed by atoms with Crippen LogP contribution in [0.3, 0.4) is 0 Å². The maximum atomic E-state index is 13.1. The minimum atomic E-state index is -3.89. The predicted octanol–water partition coefficient (Wildman–Crippen LogP) is 3.63. The summed E-state index contributed by atoms with van der Waals surface area (Å²) in [5.41, 5.74) is 1.39. The largest absolute Gasteiger partial charge is 0.495 e. The normalized spacial score (nSPS) is 11.7. The van der Waals surface area contributed by atoms with Crippen molar-refractivity contribution in [1.29, 1.82) is 0 Å². The van der Waals surface area contributed by atoms with Crippen LogP contribution in [-0.2, 0) is 15.6 Å². The topological polar surface area (TPSA) is 114 Å². The van der Waals surface area contributed by atoms with Crippen LogP contribution in [0.5, 0.6) is 5.75 Å². The van der Waals surface area contributed by atoms with Gasteiger partial charge >= 0.3 is 5.97 Å². The third-order valence-corrected chi connectivity index (χ3v) is 6.23. The fraction of sp³-hybridized carbons (Fsp3) is 0.136. The van der Waals surface area contributed by atoms with Crippen molar-refractivity contribution >= 4 is 21.9 Å². The van der Waals surface area contributed by atoms with E-state index in [1.165, 1.54) is 43.9 Å². The van der Waals surface area contributed by atoms with Crippen LogP contribution in [0.15, 0.2) is 70.4 Å². The van der Waals surface area contributed by atoms with Gasteiger partial charge in [-0.1, -0.05) is 42.5 Å². The lowest BCUT2D eigenvalue weighted by Gasteiger charge is -2.15. The van der Waals surface area contributed by atoms with Crippen LogP contribution in [0.1, 0.15) is 21.5 Å². The monoisotopic (exact) mass is 428 g/mol. The molecule has 30 heavy (non-hydrogen) atoms. The number of ether oxygens (including phenoxy) is 1. The smallest absolute Gasteiger partial charge is 0.339 e. The fourth-order valence-corrected chi connectivity index (χ4v) is 4.79. The van der Waals surface area contributed by atoms with Crippen LogP contribution in [0, 0.1) is 0 Å². The number of sulfone groups is 1. The Morgan fingerprint density at radius 2 is 1.93 bits per heavy atom. The molecule has 8 heteroatoms. The Morgan fingerprint density at radius 3 is 2.57 bits per heavy atom. The molecule has 0 amide bonds. The van der Waals surface area contributed by atoms with E-state index in [-0.39, 0.29) is 28.4 Å². The number of carboxylic acids is 1. The molecule has 2 aromatic carbocycles. The first kappa shape index (κ1) is 21.4. The van der Waals surface area contributed by atoms with Crippen molar-refractivity contribution < 1.29 is 32.6 Å². The number of benzene rings is 2. The molecular weight excluding hydrogens is 408 g/mol. The molecule has 156 valence electrons. The van der Waals surface area contributed by atoms with Gasteiger partial charge in [-0.25, -0.2) is 13.2 Å². The van der Waals surface area contributed by atoms with Crippen LogP contribution in [-0.4, -0.2) is 38.3 Å². The average molecular weight is 428 g/mol. The minimum absolute atomic E-state index is 0.0453. The van der Waals surface area contributed by atoms with Crippen molar-refractivity contribution in [3.05, 3.63) is 77.8 Å². The highest BCUT2D eigenvalue weighted by molar-refractivity contribution is 7.90. The third kappa shape index (κ3) is 4.29. The molecule has 0 aliphatic heterocycles. The Morgan fingerprint density at radius 1 is 1.17 bits per heavy atom. The van der Waals surface area contributed by atoms with Crippen LogP contribution < -0.4 is 4.74 Å². The SMILES string of the molecule is COc1c(-c2ccoc2)ccc(CS(=O)(=O)c2ccccc2C=CCO)c1C(=O)O. The first-order valence-electron chi connectivity index (χ1n) is 8.94. The summed E-state index contributed by atoms with van der Waals surface area (Å²) in [6.07, 6.45) is 5.83. The number of furan rings is 1. The number of aromatic carboxylic acids is 1. The van der Waals surface area contributed by atoms with Crippen molar-refractivity contribution in [3.63, 3.8) is 0 Å². The van der Waals surface area contributed by atoms with Gasteiger partial charge in [0, 0.05) is 11.1 Å². The minimum Gasteiger partial charge on any atom is -0.495 e. The van der Waals surface area contributed by atoms with Gasteiger partial charge in [-0.2, -0.15) is 0 Å². The molecule has 3 aromatic rings. The lowest BCUT2D eigenvalue weighted by Crippen LogP contribution is -2.12. The number of hydrogen-bond donors (Lipinski definition) is 2. The Hall–Kier alpha value is -3.36. The maximum absolute atomic E-state index is 13.1. The maximum Gasteiger partial charge on any atom is 0.339 e. The summed E-state index contributed by atoms with van der Waals surface area (Å²) in [6, 6.07) is 11.1. The van der Waals surface area contributed by atoms with Gasteiger partial charge in [-0.15, -0.1) is 0 Å². The molecule has 1 aromatic heterocycles. The molecular formula is C22H20O7S. The van der Waals surface area contributed by atoms with E-state index in [0.29, 0.717) is 16.7 Å². The van der Waals surface area contributed by atoms with Gasteiger partial charge in [0.15, 0.2) is 9.84 Å². The average Bonchev–Trinajstić information content (AvgIpc) is 3.26. The van der Waals surface area contributed by atoms with E-state index in [1.54, 1.807) is 30.3 Å². The van der Waals surface area contributed by atoms with E-state index in [9.17, 15) is 18.3 Å². The fourth-order valence-electron chi connectivity index (χ4n) is 3.20. The van der Waals surface area contributed by atoms with Crippen molar-refractivity contribution in [2.45, 2.75) is 10.6 Å². The number of methoxy groups -OCH3 is 1. The van der Waals surface area contributed by atoms with Gasteiger partial charge in [0.1, 0.15) is 11.3 Å². The molecule has 0 saturated carbocycles. The summed E-state index contributed by atoms with van der Waals surface area (Å²) in [4.78, 5) is 12.1. The summed E-state index contributed by atoms with van der Waals surface area (Å²) >= 11 is 0. The van der Waals surface area contributed by atoms with Crippen LogP contribution >= 0.6 is 0 Å². The Labute approximate surface area is 173 Å². The number of carbonyl (C=O) groups is 1. The van der Waals surface area contributed by atoms with Gasteiger partial charge < -0.3 is 19.4 Å². The summed E-state index contributed by atoms with van der Waals surface area (Å²) in [6.45, 7) is -0.232. The molecule has 0 fully saturated rings. The second kappa shape index (κ2) is 8.98. The summed E-state index contributed by atoms with van der Waals surface area (Å²) < 4.78 is 36.7. The van der Waals surface area contributed by atoms with Crippen molar-refractivity contribution in [2.75, 3.05) is 13.7 Å². The standard InChI is InChI=1S/C22H20O7S/c1-28-21-18(16-10-12-29-13-16)9-8-17(20(21)22(24)25)14-30(26,27)19-7-3-2-5-15(19)6-4-11-23/h2-10,12-13,23H,11,14H2,1H3,(H,24,25). The Bertz CT molecular complexity index is 1180. The van der Waals surface area contributed by atoms with Crippen molar-refractivity contribution in [2.24, 2.45) is 0 Å². The number of hydrogen-bond acceptors (Lipinski definition) is 6. The molecule has 0 saturated heterocycles. The van der Waals surface area contributed by atoms with Crippen LogP contribution in [0.25, 0.3) is 17.2 Å². The van der Waals surface area contributed by atoms with E-state index in [2.05, 4.69) is 0 Å². The first-order valence-corrected chi connectivity index (χ1v) is 10.6. The molecule has 0 bridgehead atoms. The van der Waals surface area contributed by atoms with E-state index in [4.69, 9.17) is 14.3 Å². The third-order valence-electron chi connectivity index (χ3n) is 4.50. The molecule has 0 radical (unpaired) electrons. The summed E-state index contributed by atoms with van der Waals surface area (Å²) in [7, 11) is -2.56. The zero-order valence-electron chi connectivity index (χ0n) is 16.1. The number of carboxylic acid groups (broad SMARTS) is 1. The quantitative estimate of drug-likeness (QED) is 0.563. The predicted molar refractivity (Wildman–Crippen MR) is 111 cm³/mol. The molecule has 0 aliphatic carbocycles. The summed E-state index contributed by atoms with van der Waals surface area (Å²) in [5, 5.41) is 18.8. The highest BCUT2D eigenvalue weighted by Crippen LogP contribution is 2.37. The van der Waals surface area contributed by atoms with E-state index in [1.807, 2.05) is 0 Å². The van der Waals surface area contributed by atoms with Gasteiger partial charge in [0.25, 0.3) is 0 Å². The van der Waals surface area contributed by atoms with Gasteiger partial charge in [0.05, 0.1) is 36.9 Å². The van der Waals surface area contributed by atoms with E-state index in [0.717, 1.165) is 0 Å². The number of rotatable bonds is 8. The van der Waals surface area contributed by atoms with E-state index < -0.39 is 21.6 Å². The highest BCUT2D eigenvalue weighted by atomic mass is 32.2. The molecule has 2 N–H and O–H groups in total. The molecule has 7 nitrogen and oxygen atoms in total. The molecule has 0 spiro atoms. The number of aliphatic hydroxyl groups is 1. The van der Waals surface area contributed by atoms with Crippen LogP contribution in [0.4, 0.5) is 0 Å². The molecule has 0 unspecified atom stereocenters. The highest BCUT2D eigenvalue weighted by Gasteiger charge is 2.26.